The predicted molar refractivity (Wildman–Crippen MR) is 150 cm³/mol. The van der Waals surface area contributed by atoms with Gasteiger partial charge in [-0.2, -0.15) is 4.98 Å². The van der Waals surface area contributed by atoms with E-state index in [2.05, 4.69) is 15.4 Å². The summed E-state index contributed by atoms with van der Waals surface area (Å²) in [6.45, 7) is 0.384. The molecule has 0 unspecified atom stereocenters. The number of benzene rings is 4. The average Bonchev–Trinajstić information content (AvgIpc) is 3.42. The molecule has 0 saturated carbocycles. The maximum Gasteiger partial charge on any atom is 0.336 e. The van der Waals surface area contributed by atoms with Gasteiger partial charge in [0.15, 0.2) is 5.82 Å². The van der Waals surface area contributed by atoms with Crippen LogP contribution in [0.5, 0.6) is 17.5 Å². The lowest BCUT2D eigenvalue weighted by Crippen LogP contribution is -2.13. The molecule has 40 heavy (non-hydrogen) atoms. The number of halogens is 1. The van der Waals surface area contributed by atoms with Gasteiger partial charge in [0.2, 0.25) is 0 Å². The second-order valence-corrected chi connectivity index (χ2v) is 8.79. The Kier molecular flexibility index (Phi) is 8.01. The molecule has 0 bridgehead atoms. The number of hydrogen-bond donors (Lipinski definition) is 1. The maximum atomic E-state index is 14.0. The maximum absolute atomic E-state index is 14.0. The topological polar surface area (TPSA) is 87.5 Å². The number of carbonyl (C=O) groups excluding carboxylic acids is 1. The van der Waals surface area contributed by atoms with Crippen molar-refractivity contribution in [3.8, 4) is 34.6 Å². The van der Waals surface area contributed by atoms with Crippen LogP contribution in [0, 0.1) is 5.82 Å². The number of nitrogens with one attached hydrogen (secondary N) is 1. The van der Waals surface area contributed by atoms with Gasteiger partial charge >= 0.3 is 6.01 Å². The zero-order chi connectivity index (χ0) is 27.9. The van der Waals surface area contributed by atoms with Gasteiger partial charge in [0.25, 0.3) is 5.91 Å². The van der Waals surface area contributed by atoms with Crippen LogP contribution in [-0.4, -0.2) is 41.5 Å². The lowest BCUT2D eigenvalue weighted by molar-refractivity contribution is 0.102. The van der Waals surface area contributed by atoms with Crippen LogP contribution >= 0.6 is 0 Å². The molecule has 0 spiro atoms. The van der Waals surface area contributed by atoms with Crippen molar-refractivity contribution in [1.29, 1.82) is 0 Å². The van der Waals surface area contributed by atoms with Crippen LogP contribution in [0.4, 0.5) is 10.1 Å². The second kappa shape index (κ2) is 12.1. The Morgan fingerprint density at radius 2 is 1.62 bits per heavy atom. The van der Waals surface area contributed by atoms with Gasteiger partial charge in [-0.15, -0.1) is 5.10 Å². The predicted octanol–water partition coefficient (Wildman–Crippen LogP) is 5.96. The molecule has 0 aliphatic carbocycles. The first-order valence-corrected chi connectivity index (χ1v) is 12.6. The van der Waals surface area contributed by atoms with Crippen LogP contribution in [0.2, 0.25) is 0 Å². The summed E-state index contributed by atoms with van der Waals surface area (Å²) >= 11 is 0. The zero-order valence-corrected chi connectivity index (χ0v) is 22.0. The molecular formula is C31H27FN4O4. The standard InChI is InChI=1S/C31H27FN4O4/c1-38-25-16-10-21(11-17-25)18-19-40-31-34-29(22-6-5-7-26(20-22)39-2)36(35-31)24-14-12-23(13-15-24)33-30(37)27-8-3-4-9-28(27)32/h3-17,20H,18-19H2,1-2H3,(H,33,37). The van der Waals surface area contributed by atoms with Crippen molar-refractivity contribution in [2.45, 2.75) is 6.42 Å². The highest BCUT2D eigenvalue weighted by Gasteiger charge is 2.16. The van der Waals surface area contributed by atoms with Crippen molar-refractivity contribution in [2.75, 3.05) is 26.1 Å². The summed E-state index contributed by atoms with van der Waals surface area (Å²) in [5.41, 5.74) is 3.06. The molecule has 0 aliphatic heterocycles. The molecule has 8 nitrogen and oxygen atoms in total. The fourth-order valence-electron chi connectivity index (χ4n) is 4.07. The van der Waals surface area contributed by atoms with Gasteiger partial charge < -0.3 is 19.5 Å². The van der Waals surface area contributed by atoms with E-state index in [1.165, 1.54) is 18.2 Å². The number of amides is 1. The van der Waals surface area contributed by atoms with E-state index in [0.717, 1.165) is 16.9 Å². The highest BCUT2D eigenvalue weighted by molar-refractivity contribution is 6.04. The van der Waals surface area contributed by atoms with E-state index in [1.54, 1.807) is 49.2 Å². The van der Waals surface area contributed by atoms with E-state index in [4.69, 9.17) is 14.2 Å². The van der Waals surface area contributed by atoms with Gasteiger partial charge in [0.05, 0.1) is 32.1 Å². The first kappa shape index (κ1) is 26.4. The molecule has 1 heterocycles. The van der Waals surface area contributed by atoms with Crippen molar-refractivity contribution in [3.05, 3.63) is 114 Å². The fraction of sp³-hybridized carbons (Fsp3) is 0.129. The van der Waals surface area contributed by atoms with E-state index in [-0.39, 0.29) is 11.6 Å². The smallest absolute Gasteiger partial charge is 0.336 e. The SMILES string of the molecule is COc1ccc(CCOc2nc(-c3cccc(OC)c3)n(-c3ccc(NC(=O)c4ccccc4F)cc3)n2)cc1. The van der Waals surface area contributed by atoms with Gasteiger partial charge in [0.1, 0.15) is 17.3 Å². The Morgan fingerprint density at radius 1 is 0.875 bits per heavy atom. The molecule has 5 rings (SSSR count). The van der Waals surface area contributed by atoms with E-state index >= 15 is 0 Å². The fourth-order valence-corrected chi connectivity index (χ4v) is 4.07. The van der Waals surface area contributed by atoms with E-state index in [1.807, 2.05) is 48.5 Å². The van der Waals surface area contributed by atoms with Crippen molar-refractivity contribution in [3.63, 3.8) is 0 Å². The van der Waals surface area contributed by atoms with Gasteiger partial charge in [-0.05, 0) is 66.2 Å². The van der Waals surface area contributed by atoms with Crippen LogP contribution in [0.3, 0.4) is 0 Å². The Labute approximate surface area is 231 Å². The molecule has 0 radical (unpaired) electrons. The average molecular weight is 539 g/mol. The summed E-state index contributed by atoms with van der Waals surface area (Å²) in [7, 11) is 3.24. The van der Waals surface area contributed by atoms with E-state index in [9.17, 15) is 9.18 Å². The summed E-state index contributed by atoms with van der Waals surface area (Å²) < 4.78 is 32.2. The Bertz CT molecular complexity index is 1600. The number of carbonyl (C=O) groups is 1. The van der Waals surface area contributed by atoms with Crippen molar-refractivity contribution in [2.24, 2.45) is 0 Å². The molecule has 9 heteroatoms. The zero-order valence-electron chi connectivity index (χ0n) is 22.0. The van der Waals surface area contributed by atoms with Crippen LogP contribution in [0.15, 0.2) is 97.1 Å². The minimum absolute atomic E-state index is 0.0282. The Hall–Kier alpha value is -5.18. The summed E-state index contributed by atoms with van der Waals surface area (Å²) in [6, 6.07) is 28.4. The number of rotatable bonds is 10. The Morgan fingerprint density at radius 3 is 2.35 bits per heavy atom. The molecule has 0 saturated heterocycles. The van der Waals surface area contributed by atoms with E-state index in [0.29, 0.717) is 36.0 Å². The monoisotopic (exact) mass is 538 g/mol. The number of hydrogen-bond acceptors (Lipinski definition) is 6. The molecule has 1 amide bonds. The summed E-state index contributed by atoms with van der Waals surface area (Å²) in [5.74, 6) is 0.922. The molecule has 1 aromatic heterocycles. The molecule has 0 atom stereocenters. The number of anilines is 1. The second-order valence-electron chi connectivity index (χ2n) is 8.79. The van der Waals surface area contributed by atoms with Gasteiger partial charge in [-0.25, -0.2) is 9.07 Å². The van der Waals surface area contributed by atoms with Gasteiger partial charge in [0, 0.05) is 17.7 Å². The summed E-state index contributed by atoms with van der Waals surface area (Å²) in [4.78, 5) is 17.2. The highest BCUT2D eigenvalue weighted by Crippen LogP contribution is 2.27. The first-order chi connectivity index (χ1) is 19.5. The first-order valence-electron chi connectivity index (χ1n) is 12.6. The molecular weight excluding hydrogens is 511 g/mol. The minimum atomic E-state index is -0.582. The third-order valence-electron chi connectivity index (χ3n) is 6.18. The number of nitrogens with zero attached hydrogens (tertiary/aromatic N) is 3. The summed E-state index contributed by atoms with van der Waals surface area (Å²) in [6.07, 6.45) is 0.670. The molecule has 1 N–H and O–H groups in total. The molecule has 0 aliphatic rings. The lowest BCUT2D eigenvalue weighted by atomic mass is 10.1. The van der Waals surface area contributed by atoms with Gasteiger partial charge in [-0.3, -0.25) is 4.79 Å². The van der Waals surface area contributed by atoms with Crippen LogP contribution in [-0.2, 0) is 6.42 Å². The van der Waals surface area contributed by atoms with Crippen LogP contribution < -0.4 is 19.5 Å². The van der Waals surface area contributed by atoms with Crippen LogP contribution in [0.1, 0.15) is 15.9 Å². The van der Waals surface area contributed by atoms with Gasteiger partial charge in [-0.1, -0.05) is 36.4 Å². The van der Waals surface area contributed by atoms with Crippen LogP contribution in [0.25, 0.3) is 17.1 Å². The van der Waals surface area contributed by atoms with Crippen molar-refractivity contribution >= 4 is 11.6 Å². The normalized spacial score (nSPS) is 10.7. The lowest BCUT2D eigenvalue weighted by Gasteiger charge is -2.09. The summed E-state index contributed by atoms with van der Waals surface area (Å²) in [5, 5.41) is 7.33. The molecule has 5 aromatic rings. The molecule has 4 aromatic carbocycles. The molecule has 202 valence electrons. The van der Waals surface area contributed by atoms with Crippen molar-refractivity contribution in [1.82, 2.24) is 14.8 Å². The third kappa shape index (κ3) is 6.10. The third-order valence-corrected chi connectivity index (χ3v) is 6.18. The number of aromatic nitrogens is 3. The quantitative estimate of drug-likeness (QED) is 0.236. The van der Waals surface area contributed by atoms with Crippen molar-refractivity contribution < 1.29 is 23.4 Å². The Balaban J connectivity index is 1.37. The molecule has 0 fully saturated rings. The number of methoxy groups -OCH3 is 2. The van der Waals surface area contributed by atoms with E-state index < -0.39 is 11.7 Å². The minimum Gasteiger partial charge on any atom is -0.497 e. The number of ether oxygens (including phenoxy) is 3. The largest absolute Gasteiger partial charge is 0.497 e. The highest BCUT2D eigenvalue weighted by atomic mass is 19.1.